The molecule has 29 heavy (non-hydrogen) atoms. The van der Waals surface area contributed by atoms with E-state index in [9.17, 15) is 4.79 Å². The van der Waals surface area contributed by atoms with Crippen molar-refractivity contribution in [2.45, 2.75) is 26.2 Å². The van der Waals surface area contributed by atoms with E-state index in [0.29, 0.717) is 39.1 Å². The van der Waals surface area contributed by atoms with E-state index in [1.807, 2.05) is 12.1 Å². The van der Waals surface area contributed by atoms with E-state index in [-0.39, 0.29) is 5.91 Å². The summed E-state index contributed by atoms with van der Waals surface area (Å²) in [5.74, 6) is 1.77. The largest absolute Gasteiger partial charge is 0.490 e. The molecule has 1 atom stereocenters. The highest BCUT2D eigenvalue weighted by Gasteiger charge is 2.22. The molecule has 0 aliphatic carbocycles. The van der Waals surface area contributed by atoms with Crippen LogP contribution in [-0.2, 0) is 4.79 Å². The highest BCUT2D eigenvalue weighted by atomic mass is 35.5. The van der Waals surface area contributed by atoms with Crippen LogP contribution >= 0.6 is 35.6 Å². The maximum absolute atomic E-state index is 11.9. The Morgan fingerprint density at radius 3 is 2.55 bits per heavy atom. The summed E-state index contributed by atoms with van der Waals surface area (Å²) in [4.78, 5) is 12.4. The molecule has 0 bridgehead atoms. The smallest absolute Gasteiger partial charge is 0.263 e. The molecule has 1 fully saturated rings. The highest BCUT2D eigenvalue weighted by Crippen LogP contribution is 2.31. The average molecular weight is 448 g/mol. The molecular formula is C22H22ClNO3S2. The predicted molar refractivity (Wildman–Crippen MR) is 124 cm³/mol. The Balaban J connectivity index is 1.59. The number of rotatable bonds is 8. The first-order chi connectivity index (χ1) is 14.0. The van der Waals surface area contributed by atoms with Crippen molar-refractivity contribution in [2.75, 3.05) is 13.2 Å². The average Bonchev–Trinajstić information content (AvgIpc) is 3.03. The van der Waals surface area contributed by atoms with Crippen LogP contribution in [0.5, 0.6) is 11.5 Å². The molecule has 1 heterocycles. The number of thiocarbonyl (C=S) groups is 1. The second-order valence-corrected chi connectivity index (χ2v) is 8.76. The van der Waals surface area contributed by atoms with Gasteiger partial charge >= 0.3 is 0 Å². The Labute approximate surface area is 185 Å². The molecule has 1 amide bonds. The molecule has 0 aromatic heterocycles. The third kappa shape index (κ3) is 5.98. The van der Waals surface area contributed by atoms with Crippen molar-refractivity contribution in [1.29, 1.82) is 0 Å². The Bertz CT molecular complexity index is 928. The number of carbonyl (C=O) groups is 1. The van der Waals surface area contributed by atoms with Crippen LogP contribution in [0, 0.1) is 0 Å². The highest BCUT2D eigenvalue weighted by molar-refractivity contribution is 8.26. The molecule has 0 spiro atoms. The fourth-order valence-electron chi connectivity index (χ4n) is 2.77. The zero-order chi connectivity index (χ0) is 20.8. The number of ether oxygens (including phenoxy) is 2. The monoisotopic (exact) mass is 447 g/mol. The number of thioether (sulfide) groups is 1. The third-order valence-corrected chi connectivity index (χ3v) is 5.97. The van der Waals surface area contributed by atoms with Crippen molar-refractivity contribution in [3.05, 3.63) is 63.5 Å². The molecule has 3 rings (SSSR count). The van der Waals surface area contributed by atoms with Gasteiger partial charge in [-0.15, -0.1) is 0 Å². The van der Waals surface area contributed by atoms with Gasteiger partial charge in [-0.25, -0.2) is 0 Å². The van der Waals surface area contributed by atoms with E-state index in [1.165, 1.54) is 17.3 Å². The van der Waals surface area contributed by atoms with E-state index in [4.69, 9.17) is 33.3 Å². The minimum atomic E-state index is -0.213. The van der Waals surface area contributed by atoms with Gasteiger partial charge in [-0.3, -0.25) is 4.79 Å². The summed E-state index contributed by atoms with van der Waals surface area (Å²) in [6, 6.07) is 13.5. The molecule has 2 aromatic rings. The van der Waals surface area contributed by atoms with Gasteiger partial charge < -0.3 is 14.8 Å². The molecule has 1 N–H and O–H groups in total. The van der Waals surface area contributed by atoms with Gasteiger partial charge in [-0.1, -0.05) is 61.6 Å². The van der Waals surface area contributed by atoms with Crippen LogP contribution in [0.2, 0.25) is 5.02 Å². The molecule has 4 nitrogen and oxygen atoms in total. The first-order valence-electron chi connectivity index (χ1n) is 9.36. The summed E-state index contributed by atoms with van der Waals surface area (Å²) in [6.45, 7) is 5.16. The van der Waals surface area contributed by atoms with Crippen LogP contribution in [0.4, 0.5) is 0 Å². The van der Waals surface area contributed by atoms with Crippen LogP contribution in [0.1, 0.15) is 37.3 Å². The fourth-order valence-corrected chi connectivity index (χ4v) is 3.98. The number of hydrogen-bond donors (Lipinski definition) is 1. The van der Waals surface area contributed by atoms with Crippen molar-refractivity contribution in [2.24, 2.45) is 0 Å². The van der Waals surface area contributed by atoms with Gasteiger partial charge in [0.05, 0.1) is 4.91 Å². The molecule has 1 aliphatic heterocycles. The number of nitrogens with one attached hydrogen (secondary N) is 1. The van der Waals surface area contributed by atoms with E-state index >= 15 is 0 Å². The van der Waals surface area contributed by atoms with Crippen LogP contribution < -0.4 is 14.8 Å². The number of halogens is 1. The minimum Gasteiger partial charge on any atom is -0.490 e. The van der Waals surface area contributed by atoms with Crippen molar-refractivity contribution in [3.63, 3.8) is 0 Å². The lowest BCUT2D eigenvalue weighted by Gasteiger charge is -2.12. The Hall–Kier alpha value is -2.02. The van der Waals surface area contributed by atoms with E-state index in [1.54, 1.807) is 24.3 Å². The summed E-state index contributed by atoms with van der Waals surface area (Å²) >= 11 is 12.4. The standard InChI is InChI=1S/C22H22ClNO3S2/c1-3-14(2)15-4-7-18(8-5-15)26-10-11-27-19-9-6-17(23)12-16(19)13-20-21(25)24-22(28)29-20/h4-9,12-14H,3,10-11H2,1-2H3,(H,24,25,28). The Morgan fingerprint density at radius 1 is 1.17 bits per heavy atom. The predicted octanol–water partition coefficient (Wildman–Crippen LogP) is 5.80. The lowest BCUT2D eigenvalue weighted by molar-refractivity contribution is -0.115. The molecule has 1 aliphatic rings. The van der Waals surface area contributed by atoms with Crippen molar-refractivity contribution < 1.29 is 14.3 Å². The van der Waals surface area contributed by atoms with Gasteiger partial charge in [0.2, 0.25) is 0 Å². The summed E-state index contributed by atoms with van der Waals surface area (Å²) < 4.78 is 12.1. The van der Waals surface area contributed by atoms with Gasteiger partial charge in [0.15, 0.2) is 0 Å². The van der Waals surface area contributed by atoms with E-state index in [0.717, 1.165) is 17.7 Å². The zero-order valence-corrected chi connectivity index (χ0v) is 18.6. The van der Waals surface area contributed by atoms with Gasteiger partial charge in [-0.05, 0) is 54.3 Å². The second kappa shape index (κ2) is 10.1. The third-order valence-electron chi connectivity index (χ3n) is 4.57. The quantitative estimate of drug-likeness (QED) is 0.315. The molecule has 152 valence electrons. The number of carbonyl (C=O) groups excluding carboxylic acids is 1. The fraction of sp³-hybridized carbons (Fsp3) is 0.273. The van der Waals surface area contributed by atoms with Gasteiger partial charge in [0.1, 0.15) is 29.0 Å². The topological polar surface area (TPSA) is 47.6 Å². The molecule has 2 aromatic carbocycles. The summed E-state index contributed by atoms with van der Waals surface area (Å²) in [5.41, 5.74) is 2.03. The lowest BCUT2D eigenvalue weighted by atomic mass is 9.99. The normalized spacial score (nSPS) is 16.0. The summed E-state index contributed by atoms with van der Waals surface area (Å²) in [7, 11) is 0. The summed E-state index contributed by atoms with van der Waals surface area (Å²) in [5, 5.41) is 3.16. The lowest BCUT2D eigenvalue weighted by Crippen LogP contribution is -2.17. The molecule has 7 heteroatoms. The first kappa shape index (κ1) is 21.7. The van der Waals surface area contributed by atoms with Crippen molar-refractivity contribution in [1.82, 2.24) is 5.32 Å². The Morgan fingerprint density at radius 2 is 1.90 bits per heavy atom. The van der Waals surface area contributed by atoms with Crippen molar-refractivity contribution >= 4 is 51.9 Å². The zero-order valence-electron chi connectivity index (χ0n) is 16.2. The van der Waals surface area contributed by atoms with E-state index < -0.39 is 0 Å². The van der Waals surface area contributed by atoms with Gasteiger partial charge in [-0.2, -0.15) is 0 Å². The number of benzene rings is 2. The molecule has 0 saturated carbocycles. The maximum Gasteiger partial charge on any atom is 0.263 e. The molecular weight excluding hydrogens is 426 g/mol. The van der Waals surface area contributed by atoms with Crippen LogP contribution in [-0.4, -0.2) is 23.4 Å². The van der Waals surface area contributed by atoms with Crippen LogP contribution in [0.3, 0.4) is 0 Å². The van der Waals surface area contributed by atoms with Crippen LogP contribution in [0.25, 0.3) is 6.08 Å². The maximum atomic E-state index is 11.9. The second-order valence-electron chi connectivity index (χ2n) is 6.61. The minimum absolute atomic E-state index is 0.213. The molecule has 1 unspecified atom stereocenters. The molecule has 1 saturated heterocycles. The molecule has 0 radical (unpaired) electrons. The number of amides is 1. The Kier molecular flexibility index (Phi) is 7.58. The SMILES string of the molecule is CCC(C)c1ccc(OCCOc2ccc(Cl)cc2C=C2SC(=S)NC2=O)cc1. The number of hydrogen-bond acceptors (Lipinski definition) is 5. The van der Waals surface area contributed by atoms with E-state index in [2.05, 4.69) is 31.3 Å². The van der Waals surface area contributed by atoms with Gasteiger partial charge in [0, 0.05) is 10.6 Å². The van der Waals surface area contributed by atoms with Crippen LogP contribution in [0.15, 0.2) is 47.4 Å². The summed E-state index contributed by atoms with van der Waals surface area (Å²) in [6.07, 6.45) is 2.84. The van der Waals surface area contributed by atoms with Gasteiger partial charge in [0.25, 0.3) is 5.91 Å². The first-order valence-corrected chi connectivity index (χ1v) is 11.0. The van der Waals surface area contributed by atoms with Crippen molar-refractivity contribution in [3.8, 4) is 11.5 Å².